The summed E-state index contributed by atoms with van der Waals surface area (Å²) < 4.78 is 12.1. The number of rotatable bonds is 11. The number of aliphatic carboxylic acids is 1. The van der Waals surface area contributed by atoms with Gasteiger partial charge in [-0.3, -0.25) is 19.6 Å². The molecular formula is C40H43N7O4. The van der Waals surface area contributed by atoms with Gasteiger partial charge in [-0.2, -0.15) is 4.98 Å². The van der Waals surface area contributed by atoms with E-state index in [1.807, 2.05) is 12.3 Å². The number of anilines is 2. The van der Waals surface area contributed by atoms with E-state index >= 15 is 0 Å². The maximum Gasteiger partial charge on any atom is 0.307 e. The third-order valence-corrected chi connectivity index (χ3v) is 10.6. The zero-order chi connectivity index (χ0) is 34.9. The minimum absolute atomic E-state index is 0.120. The lowest BCUT2D eigenvalue weighted by molar-refractivity contribution is -0.141. The topological polar surface area (TPSA) is 126 Å². The molecule has 2 fully saturated rings. The van der Waals surface area contributed by atoms with Crippen LogP contribution < -0.4 is 14.8 Å². The summed E-state index contributed by atoms with van der Waals surface area (Å²) in [6.45, 7) is 7.08. The molecule has 51 heavy (non-hydrogen) atoms. The van der Waals surface area contributed by atoms with Gasteiger partial charge >= 0.3 is 5.97 Å². The first-order valence-corrected chi connectivity index (χ1v) is 17.9. The molecule has 262 valence electrons. The first-order valence-electron chi connectivity index (χ1n) is 17.9. The van der Waals surface area contributed by atoms with Gasteiger partial charge in [0.2, 0.25) is 11.8 Å². The van der Waals surface area contributed by atoms with Gasteiger partial charge in [-0.15, -0.1) is 0 Å². The Morgan fingerprint density at radius 3 is 2.63 bits per heavy atom. The highest BCUT2D eigenvalue weighted by Crippen LogP contribution is 2.42. The van der Waals surface area contributed by atoms with Crippen molar-refractivity contribution >= 4 is 28.4 Å². The molecule has 0 bridgehead atoms. The molecule has 0 unspecified atom stereocenters. The maximum absolute atomic E-state index is 11.4. The second-order valence-corrected chi connectivity index (χ2v) is 13.9. The quantitative estimate of drug-likeness (QED) is 0.154. The van der Waals surface area contributed by atoms with Gasteiger partial charge in [-0.25, -0.2) is 9.97 Å². The van der Waals surface area contributed by atoms with E-state index < -0.39 is 5.97 Å². The molecule has 0 amide bonds. The van der Waals surface area contributed by atoms with Crippen LogP contribution in [0.4, 0.5) is 11.5 Å². The number of nitrogens with zero attached hydrogens (tertiary/aromatic N) is 6. The van der Waals surface area contributed by atoms with Crippen LogP contribution in [0.3, 0.4) is 0 Å². The van der Waals surface area contributed by atoms with E-state index in [-0.39, 0.29) is 12.0 Å². The summed E-state index contributed by atoms with van der Waals surface area (Å²) in [7, 11) is 1.64. The summed E-state index contributed by atoms with van der Waals surface area (Å²) in [4.78, 5) is 34.9. The third-order valence-electron chi connectivity index (χ3n) is 10.6. The fraction of sp³-hybridized carbons (Fsp3) is 0.375. The molecule has 1 aliphatic carbocycles. The molecule has 0 radical (unpaired) electrons. The maximum atomic E-state index is 11.4. The fourth-order valence-corrected chi connectivity index (χ4v) is 7.91. The molecule has 11 heteroatoms. The number of hydrogen-bond donors (Lipinski definition) is 2. The lowest BCUT2D eigenvalue weighted by Gasteiger charge is -2.19. The Morgan fingerprint density at radius 1 is 0.961 bits per heavy atom. The molecule has 2 aromatic carbocycles. The Morgan fingerprint density at radius 2 is 1.80 bits per heavy atom. The van der Waals surface area contributed by atoms with Crippen molar-refractivity contribution in [2.45, 2.75) is 58.2 Å². The summed E-state index contributed by atoms with van der Waals surface area (Å²) in [5, 5.41) is 13.9. The number of ether oxygens (including phenoxy) is 2. The zero-order valence-corrected chi connectivity index (χ0v) is 29.1. The smallest absolute Gasteiger partial charge is 0.307 e. The van der Waals surface area contributed by atoms with Crippen LogP contribution in [0.15, 0.2) is 67.1 Å². The molecular weight excluding hydrogens is 642 g/mol. The van der Waals surface area contributed by atoms with E-state index in [1.54, 1.807) is 19.5 Å². The van der Waals surface area contributed by atoms with E-state index in [9.17, 15) is 9.90 Å². The molecule has 5 heterocycles. The Bertz CT molecular complexity index is 2080. The number of carboxylic acids is 1. The van der Waals surface area contributed by atoms with Crippen molar-refractivity contribution in [2.75, 3.05) is 38.6 Å². The van der Waals surface area contributed by atoms with Gasteiger partial charge in [-0.05, 0) is 110 Å². The highest BCUT2D eigenvalue weighted by atomic mass is 16.5. The van der Waals surface area contributed by atoms with Gasteiger partial charge in [-0.1, -0.05) is 30.3 Å². The fourth-order valence-electron chi connectivity index (χ4n) is 7.91. The molecule has 2 atom stereocenters. The van der Waals surface area contributed by atoms with Gasteiger partial charge in [0.15, 0.2) is 5.82 Å². The zero-order valence-electron chi connectivity index (χ0n) is 29.1. The van der Waals surface area contributed by atoms with Crippen LogP contribution in [0, 0.1) is 12.8 Å². The summed E-state index contributed by atoms with van der Waals surface area (Å²) in [5.74, 6) is 0.692. The lowest BCUT2D eigenvalue weighted by Crippen LogP contribution is -2.22. The molecule has 5 aromatic rings. The van der Waals surface area contributed by atoms with E-state index in [2.05, 4.69) is 69.5 Å². The standard InChI is InChI=1S/C40H43N7O4/c1-25-29(7-6-10-33(25)44-38-37-27(13-15-41-38)19-26(20-43-37)22-47-18-14-28(23-47)40(48)49)30-8-5-9-32-31(30)11-12-35(32)51-36-21-42-34(39(45-36)50-2)24-46-16-3-4-17-46/h5-10,13,15,19-21,28,35H,3-4,11-12,14,16-18,22-24H2,1-2H3,(H,41,44)(H,48,49)/t28-,35-/m1/s1. The number of pyridine rings is 2. The van der Waals surface area contributed by atoms with E-state index in [4.69, 9.17) is 24.4 Å². The van der Waals surface area contributed by atoms with Crippen LogP contribution in [0.1, 0.15) is 59.7 Å². The first kappa shape index (κ1) is 33.0. The minimum atomic E-state index is -0.716. The van der Waals surface area contributed by atoms with E-state index in [1.165, 1.54) is 29.5 Å². The predicted molar refractivity (Wildman–Crippen MR) is 195 cm³/mol. The van der Waals surface area contributed by atoms with Crippen molar-refractivity contribution in [3.8, 4) is 22.9 Å². The Labute approximate surface area is 297 Å². The van der Waals surface area contributed by atoms with Crippen molar-refractivity contribution < 1.29 is 19.4 Å². The van der Waals surface area contributed by atoms with Gasteiger partial charge in [0.05, 0.1) is 19.2 Å². The number of carboxylic acid groups (broad SMARTS) is 1. The molecule has 2 aliphatic heterocycles. The van der Waals surface area contributed by atoms with Crippen LogP contribution >= 0.6 is 0 Å². The summed E-state index contributed by atoms with van der Waals surface area (Å²) in [6.07, 6.45) is 10.2. The Hall–Kier alpha value is -5.13. The average Bonchev–Trinajstić information content (AvgIpc) is 3.92. The van der Waals surface area contributed by atoms with Crippen LogP contribution in [0.2, 0.25) is 0 Å². The van der Waals surface area contributed by atoms with Crippen molar-refractivity contribution in [2.24, 2.45) is 5.92 Å². The molecule has 0 spiro atoms. The second kappa shape index (κ2) is 14.2. The Balaban J connectivity index is 1.00. The van der Waals surface area contributed by atoms with Crippen molar-refractivity contribution in [1.82, 2.24) is 29.7 Å². The first-order chi connectivity index (χ1) is 24.9. The van der Waals surface area contributed by atoms with Crippen LogP contribution in [0.25, 0.3) is 22.0 Å². The summed E-state index contributed by atoms with van der Waals surface area (Å²) >= 11 is 0. The number of hydrogen-bond acceptors (Lipinski definition) is 10. The normalized spacial score (nSPS) is 19.0. The van der Waals surface area contributed by atoms with Crippen molar-refractivity contribution in [1.29, 1.82) is 0 Å². The molecule has 2 saturated heterocycles. The molecule has 3 aliphatic rings. The highest BCUT2D eigenvalue weighted by Gasteiger charge is 2.29. The van der Waals surface area contributed by atoms with Crippen LogP contribution in [0.5, 0.6) is 11.8 Å². The number of carbonyl (C=O) groups is 1. The predicted octanol–water partition coefficient (Wildman–Crippen LogP) is 6.72. The molecule has 0 saturated carbocycles. The molecule has 3 aromatic heterocycles. The lowest BCUT2D eigenvalue weighted by atomic mass is 9.93. The number of benzene rings is 2. The average molecular weight is 686 g/mol. The number of nitrogens with one attached hydrogen (secondary N) is 1. The minimum Gasteiger partial charge on any atom is -0.481 e. The molecule has 2 N–H and O–H groups in total. The molecule has 11 nitrogen and oxygen atoms in total. The number of methoxy groups -OCH3 is 1. The third kappa shape index (κ3) is 6.83. The number of likely N-dealkylation sites (tertiary alicyclic amines) is 2. The van der Waals surface area contributed by atoms with E-state index in [0.717, 1.165) is 78.0 Å². The van der Waals surface area contributed by atoms with Crippen molar-refractivity contribution in [3.63, 3.8) is 0 Å². The summed E-state index contributed by atoms with van der Waals surface area (Å²) in [6, 6.07) is 16.9. The van der Waals surface area contributed by atoms with E-state index in [0.29, 0.717) is 37.1 Å². The van der Waals surface area contributed by atoms with Gasteiger partial charge in [0.1, 0.15) is 17.3 Å². The van der Waals surface area contributed by atoms with Crippen molar-refractivity contribution in [3.05, 3.63) is 95.1 Å². The van der Waals surface area contributed by atoms with Gasteiger partial charge < -0.3 is 19.9 Å². The number of aromatic nitrogens is 4. The monoisotopic (exact) mass is 685 g/mol. The Kier molecular flexibility index (Phi) is 9.23. The number of fused-ring (bicyclic) bond motifs is 2. The second-order valence-electron chi connectivity index (χ2n) is 13.9. The van der Waals surface area contributed by atoms with Crippen LogP contribution in [-0.2, 0) is 24.3 Å². The van der Waals surface area contributed by atoms with Gasteiger partial charge in [0, 0.05) is 43.1 Å². The highest BCUT2D eigenvalue weighted by molar-refractivity contribution is 5.91. The molecule has 8 rings (SSSR count). The SMILES string of the molecule is COc1nc(O[C@@H]2CCc3c(-c4cccc(Nc5nccc6cc(CN7CC[C@@H](C(=O)O)C7)cnc56)c4C)cccc32)cnc1CN1CCCC1. The summed E-state index contributed by atoms with van der Waals surface area (Å²) in [5.41, 5.74) is 9.61. The largest absolute Gasteiger partial charge is 0.481 e. The van der Waals surface area contributed by atoms with Crippen LogP contribution in [-0.4, -0.2) is 74.1 Å². The van der Waals surface area contributed by atoms with Gasteiger partial charge in [0.25, 0.3) is 0 Å².